The Balaban J connectivity index is 1.79. The second kappa shape index (κ2) is 9.11. The van der Waals surface area contributed by atoms with Gasteiger partial charge in [-0.2, -0.15) is 0 Å². The first-order chi connectivity index (χ1) is 13.1. The van der Waals surface area contributed by atoms with Crippen molar-refractivity contribution in [2.45, 2.75) is 26.7 Å². The van der Waals surface area contributed by atoms with E-state index in [0.29, 0.717) is 27.4 Å². The number of rotatable bonds is 6. The van der Waals surface area contributed by atoms with Crippen molar-refractivity contribution in [3.8, 4) is 5.75 Å². The molecule has 1 fully saturated rings. The molecule has 0 atom stereocenters. The van der Waals surface area contributed by atoms with Gasteiger partial charge >= 0.3 is 0 Å². The van der Waals surface area contributed by atoms with Crippen molar-refractivity contribution < 1.29 is 9.53 Å². The van der Waals surface area contributed by atoms with Gasteiger partial charge in [-0.25, -0.2) is 4.99 Å². The highest BCUT2D eigenvalue weighted by molar-refractivity contribution is 8.18. The van der Waals surface area contributed by atoms with Gasteiger partial charge in [-0.3, -0.25) is 4.79 Å². The number of aryl methyl sites for hydroxylation is 1. The summed E-state index contributed by atoms with van der Waals surface area (Å²) in [4.78, 5) is 17.4. The SMILES string of the molecule is CCCCOc1ccccc1/C=C1\SC(=Nc2ccc(C)c(Cl)c2)NC1=O. The summed E-state index contributed by atoms with van der Waals surface area (Å²) < 4.78 is 5.84. The second-order valence-corrected chi connectivity index (χ2v) is 7.59. The Kier molecular flexibility index (Phi) is 6.58. The number of nitrogens with one attached hydrogen (secondary N) is 1. The van der Waals surface area contributed by atoms with Crippen molar-refractivity contribution in [1.29, 1.82) is 0 Å². The van der Waals surface area contributed by atoms with E-state index in [2.05, 4.69) is 17.2 Å². The van der Waals surface area contributed by atoms with Crippen LogP contribution in [0.4, 0.5) is 5.69 Å². The average molecular weight is 401 g/mol. The standard InChI is InChI=1S/C21H21ClN2O2S/c1-3-4-11-26-18-8-6-5-7-15(18)12-19-20(25)24-21(27-19)23-16-10-9-14(2)17(22)13-16/h5-10,12-13H,3-4,11H2,1-2H3,(H,23,24,25)/b19-12-. The average Bonchev–Trinajstić information content (AvgIpc) is 2.99. The minimum atomic E-state index is -0.166. The summed E-state index contributed by atoms with van der Waals surface area (Å²) in [6, 6.07) is 13.3. The minimum absolute atomic E-state index is 0.166. The van der Waals surface area contributed by atoms with Crippen LogP contribution in [0.2, 0.25) is 5.02 Å². The van der Waals surface area contributed by atoms with Gasteiger partial charge in [0, 0.05) is 10.6 Å². The fourth-order valence-electron chi connectivity index (χ4n) is 2.45. The second-order valence-electron chi connectivity index (χ2n) is 6.16. The van der Waals surface area contributed by atoms with Crippen LogP contribution in [-0.2, 0) is 4.79 Å². The number of hydrogen-bond donors (Lipinski definition) is 1. The van der Waals surface area contributed by atoms with Gasteiger partial charge in [0.1, 0.15) is 5.75 Å². The van der Waals surface area contributed by atoms with E-state index < -0.39 is 0 Å². The molecule has 1 heterocycles. The predicted octanol–water partition coefficient (Wildman–Crippen LogP) is 5.72. The molecule has 27 heavy (non-hydrogen) atoms. The number of aliphatic imine (C=N–C) groups is 1. The van der Waals surface area contributed by atoms with Gasteiger partial charge in [0.05, 0.1) is 17.2 Å². The van der Waals surface area contributed by atoms with E-state index in [1.165, 1.54) is 11.8 Å². The summed E-state index contributed by atoms with van der Waals surface area (Å²) in [7, 11) is 0. The highest BCUT2D eigenvalue weighted by Crippen LogP contribution is 2.31. The summed E-state index contributed by atoms with van der Waals surface area (Å²) in [5.74, 6) is 0.614. The Morgan fingerprint density at radius 3 is 2.85 bits per heavy atom. The number of hydrogen-bond acceptors (Lipinski definition) is 4. The van der Waals surface area contributed by atoms with E-state index in [0.717, 1.165) is 29.7 Å². The van der Waals surface area contributed by atoms with Crippen LogP contribution in [0.25, 0.3) is 6.08 Å². The molecule has 3 rings (SSSR count). The smallest absolute Gasteiger partial charge is 0.264 e. The molecule has 0 aromatic heterocycles. The number of halogens is 1. The maximum Gasteiger partial charge on any atom is 0.264 e. The molecule has 0 radical (unpaired) electrons. The molecule has 0 saturated carbocycles. The number of ether oxygens (including phenoxy) is 1. The molecule has 1 N–H and O–H groups in total. The van der Waals surface area contributed by atoms with Gasteiger partial charge in [-0.05, 0) is 54.9 Å². The predicted molar refractivity (Wildman–Crippen MR) is 114 cm³/mol. The van der Waals surface area contributed by atoms with E-state index in [-0.39, 0.29) is 5.91 Å². The largest absolute Gasteiger partial charge is 0.493 e. The van der Waals surface area contributed by atoms with Crippen molar-refractivity contribution in [3.05, 3.63) is 63.5 Å². The topological polar surface area (TPSA) is 50.7 Å². The van der Waals surface area contributed by atoms with Crippen molar-refractivity contribution in [2.24, 2.45) is 4.99 Å². The third kappa shape index (κ3) is 5.15. The molecule has 0 spiro atoms. The number of nitrogens with zero attached hydrogens (tertiary/aromatic N) is 1. The first-order valence-corrected chi connectivity index (χ1v) is 10.0. The molecule has 0 aliphatic carbocycles. The first-order valence-electron chi connectivity index (χ1n) is 8.84. The number of amides is 1. The lowest BCUT2D eigenvalue weighted by atomic mass is 10.2. The molecule has 2 aromatic rings. The van der Waals surface area contributed by atoms with Gasteiger partial charge in [0.2, 0.25) is 0 Å². The zero-order valence-electron chi connectivity index (χ0n) is 15.3. The number of unbranched alkanes of at least 4 members (excludes halogenated alkanes) is 1. The molecule has 1 aliphatic rings. The number of carbonyl (C=O) groups is 1. The molecule has 0 bridgehead atoms. The van der Waals surface area contributed by atoms with Gasteiger partial charge in [0.15, 0.2) is 5.17 Å². The van der Waals surface area contributed by atoms with E-state index in [1.54, 1.807) is 6.07 Å². The van der Waals surface area contributed by atoms with Gasteiger partial charge < -0.3 is 10.1 Å². The van der Waals surface area contributed by atoms with Crippen LogP contribution in [0.3, 0.4) is 0 Å². The molecule has 1 amide bonds. The maximum atomic E-state index is 12.3. The normalized spacial score (nSPS) is 16.8. The lowest BCUT2D eigenvalue weighted by Gasteiger charge is -2.08. The lowest BCUT2D eigenvalue weighted by Crippen LogP contribution is -2.19. The lowest BCUT2D eigenvalue weighted by molar-refractivity contribution is -0.115. The third-order valence-electron chi connectivity index (χ3n) is 4.00. The van der Waals surface area contributed by atoms with Crippen molar-refractivity contribution >= 4 is 46.2 Å². The molecular formula is C21H21ClN2O2S. The minimum Gasteiger partial charge on any atom is -0.493 e. The molecule has 140 valence electrons. The van der Waals surface area contributed by atoms with E-state index in [1.807, 2.05) is 49.4 Å². The summed E-state index contributed by atoms with van der Waals surface area (Å²) in [6.45, 7) is 4.72. The highest BCUT2D eigenvalue weighted by atomic mass is 35.5. The van der Waals surface area contributed by atoms with E-state index >= 15 is 0 Å². The van der Waals surface area contributed by atoms with Crippen LogP contribution >= 0.6 is 23.4 Å². The van der Waals surface area contributed by atoms with Crippen LogP contribution in [0.1, 0.15) is 30.9 Å². The Labute approximate surface area is 168 Å². The van der Waals surface area contributed by atoms with Crippen LogP contribution in [0.15, 0.2) is 52.4 Å². The number of benzene rings is 2. The third-order valence-corrected chi connectivity index (χ3v) is 5.32. The first kappa shape index (κ1) is 19.5. The Morgan fingerprint density at radius 1 is 1.26 bits per heavy atom. The Bertz CT molecular complexity index is 909. The van der Waals surface area contributed by atoms with Gasteiger partial charge in [-0.15, -0.1) is 0 Å². The van der Waals surface area contributed by atoms with E-state index in [9.17, 15) is 4.79 Å². The number of carbonyl (C=O) groups excluding carboxylic acids is 1. The molecule has 1 aliphatic heterocycles. The van der Waals surface area contributed by atoms with Crippen molar-refractivity contribution in [1.82, 2.24) is 5.32 Å². The van der Waals surface area contributed by atoms with Crippen LogP contribution in [0, 0.1) is 6.92 Å². The highest BCUT2D eigenvalue weighted by Gasteiger charge is 2.24. The van der Waals surface area contributed by atoms with Crippen LogP contribution < -0.4 is 10.1 Å². The summed E-state index contributed by atoms with van der Waals surface area (Å²) in [5.41, 5.74) is 2.58. The van der Waals surface area contributed by atoms with Crippen molar-refractivity contribution in [2.75, 3.05) is 6.61 Å². The molecule has 4 nitrogen and oxygen atoms in total. The fourth-order valence-corrected chi connectivity index (χ4v) is 3.46. The van der Waals surface area contributed by atoms with Crippen LogP contribution in [-0.4, -0.2) is 17.7 Å². The monoisotopic (exact) mass is 400 g/mol. The van der Waals surface area contributed by atoms with Gasteiger partial charge in [0.25, 0.3) is 5.91 Å². The number of thioether (sulfide) groups is 1. The number of amidine groups is 1. The molecule has 2 aromatic carbocycles. The molecule has 6 heteroatoms. The van der Waals surface area contributed by atoms with Crippen LogP contribution in [0.5, 0.6) is 5.75 Å². The van der Waals surface area contributed by atoms with Gasteiger partial charge in [-0.1, -0.05) is 49.2 Å². The molecule has 0 unspecified atom stereocenters. The molecule has 1 saturated heterocycles. The zero-order chi connectivity index (χ0) is 19.2. The Morgan fingerprint density at radius 2 is 2.07 bits per heavy atom. The summed E-state index contributed by atoms with van der Waals surface area (Å²) >= 11 is 7.45. The summed E-state index contributed by atoms with van der Waals surface area (Å²) in [5, 5.41) is 3.99. The van der Waals surface area contributed by atoms with Crippen molar-refractivity contribution in [3.63, 3.8) is 0 Å². The quantitative estimate of drug-likeness (QED) is 0.498. The zero-order valence-corrected chi connectivity index (χ0v) is 16.9. The number of para-hydroxylation sites is 1. The Hall–Kier alpha value is -2.24. The maximum absolute atomic E-state index is 12.3. The summed E-state index contributed by atoms with van der Waals surface area (Å²) in [6.07, 6.45) is 3.91. The van der Waals surface area contributed by atoms with E-state index in [4.69, 9.17) is 16.3 Å². The molecular weight excluding hydrogens is 380 g/mol. The fraction of sp³-hybridized carbons (Fsp3) is 0.238.